The average Bonchev–Trinajstić information content (AvgIpc) is 1.97. The van der Waals surface area contributed by atoms with Crippen molar-refractivity contribution in [1.29, 1.82) is 0 Å². The van der Waals surface area contributed by atoms with Crippen LogP contribution >= 0.6 is 0 Å². The zero-order valence-electron chi connectivity index (χ0n) is 8.82. The number of rotatable bonds is 4. The number of aliphatic carboxylic acids is 2. The van der Waals surface area contributed by atoms with E-state index in [0.717, 1.165) is 0 Å². The molecule has 1 amide bonds. The van der Waals surface area contributed by atoms with E-state index in [-0.39, 0.29) is 5.91 Å². The van der Waals surface area contributed by atoms with Crippen LogP contribution in [0.1, 0.15) is 26.2 Å². The van der Waals surface area contributed by atoms with Gasteiger partial charge in [-0.2, -0.15) is 0 Å². The summed E-state index contributed by atoms with van der Waals surface area (Å²) in [5.41, 5.74) is -1.31. The summed E-state index contributed by atoms with van der Waals surface area (Å²) in [6.45, 7) is 1.39. The minimum absolute atomic E-state index is 0.328. The predicted octanol–water partition coefficient (Wildman–Crippen LogP) is -0.169. The molecule has 88 valence electrons. The van der Waals surface area contributed by atoms with Gasteiger partial charge in [-0.15, -0.1) is 0 Å². The van der Waals surface area contributed by atoms with Crippen molar-refractivity contribution in [2.75, 3.05) is 0 Å². The summed E-state index contributed by atoms with van der Waals surface area (Å²) >= 11 is 0. The second-order valence-electron chi connectivity index (χ2n) is 4.93. The molecule has 3 aliphatic carbocycles. The second kappa shape index (κ2) is 2.96. The fourth-order valence-electron chi connectivity index (χ4n) is 2.67. The van der Waals surface area contributed by atoms with Gasteiger partial charge in [-0.3, -0.25) is 14.4 Å². The van der Waals surface area contributed by atoms with Crippen molar-refractivity contribution < 1.29 is 24.6 Å². The number of carbonyl (C=O) groups is 3. The largest absolute Gasteiger partial charge is 0.481 e. The van der Waals surface area contributed by atoms with Crippen LogP contribution in [-0.2, 0) is 14.4 Å². The van der Waals surface area contributed by atoms with Gasteiger partial charge in [-0.1, -0.05) is 0 Å². The average molecular weight is 227 g/mol. The Bertz CT molecular complexity index is 369. The summed E-state index contributed by atoms with van der Waals surface area (Å²) in [4.78, 5) is 33.1. The molecule has 0 unspecified atom stereocenters. The van der Waals surface area contributed by atoms with Crippen LogP contribution in [0, 0.1) is 10.8 Å². The molecule has 3 N–H and O–H groups in total. The zero-order valence-corrected chi connectivity index (χ0v) is 8.82. The Labute approximate surface area is 91.6 Å². The molecule has 0 aliphatic heterocycles. The Morgan fingerprint density at radius 1 is 1.12 bits per heavy atom. The van der Waals surface area contributed by atoms with E-state index in [1.807, 2.05) is 0 Å². The molecule has 3 rings (SSSR count). The van der Waals surface area contributed by atoms with Gasteiger partial charge in [0.25, 0.3) is 0 Å². The van der Waals surface area contributed by atoms with E-state index in [0.29, 0.717) is 19.3 Å². The predicted molar refractivity (Wildman–Crippen MR) is 51.6 cm³/mol. The Morgan fingerprint density at radius 2 is 1.62 bits per heavy atom. The van der Waals surface area contributed by atoms with Crippen LogP contribution in [-0.4, -0.2) is 34.1 Å². The van der Waals surface area contributed by atoms with Crippen LogP contribution < -0.4 is 5.32 Å². The molecule has 3 fully saturated rings. The monoisotopic (exact) mass is 227 g/mol. The molecular formula is C10H13NO5. The summed E-state index contributed by atoms with van der Waals surface area (Å²) in [6.07, 6.45) is 1.02. The smallest absolute Gasteiger partial charge is 0.325 e. The maximum atomic E-state index is 11.7. The number of carbonyl (C=O) groups excluding carboxylic acids is 1. The van der Waals surface area contributed by atoms with Crippen LogP contribution in [0.5, 0.6) is 0 Å². The molecule has 6 nitrogen and oxygen atoms in total. The molecule has 0 heterocycles. The van der Waals surface area contributed by atoms with Crippen LogP contribution in [0.15, 0.2) is 0 Å². The van der Waals surface area contributed by atoms with Gasteiger partial charge in [-0.05, 0) is 26.2 Å². The maximum absolute atomic E-state index is 11.7. The lowest BCUT2D eigenvalue weighted by Gasteiger charge is -2.66. The van der Waals surface area contributed by atoms with E-state index >= 15 is 0 Å². The third-order valence-electron chi connectivity index (χ3n) is 3.68. The van der Waals surface area contributed by atoms with Crippen molar-refractivity contribution in [3.63, 3.8) is 0 Å². The molecule has 6 heteroatoms. The number of hydrogen-bond acceptors (Lipinski definition) is 3. The number of carboxylic acids is 2. The number of carboxylic acid groups (broad SMARTS) is 2. The first kappa shape index (κ1) is 10.9. The van der Waals surface area contributed by atoms with E-state index in [2.05, 4.69) is 5.32 Å². The van der Waals surface area contributed by atoms with Gasteiger partial charge in [0.2, 0.25) is 5.91 Å². The van der Waals surface area contributed by atoms with Gasteiger partial charge in [0.15, 0.2) is 0 Å². The van der Waals surface area contributed by atoms with Crippen molar-refractivity contribution in [2.24, 2.45) is 10.8 Å². The Hall–Kier alpha value is -1.59. The molecule has 16 heavy (non-hydrogen) atoms. The fourth-order valence-corrected chi connectivity index (χ4v) is 2.67. The van der Waals surface area contributed by atoms with Gasteiger partial charge in [0.1, 0.15) is 6.04 Å². The highest BCUT2D eigenvalue weighted by molar-refractivity contribution is 5.94. The van der Waals surface area contributed by atoms with Crippen molar-refractivity contribution in [3.05, 3.63) is 0 Å². The molecule has 0 aromatic rings. The Balaban J connectivity index is 1.92. The third-order valence-corrected chi connectivity index (χ3v) is 3.68. The third kappa shape index (κ3) is 1.22. The van der Waals surface area contributed by atoms with Crippen molar-refractivity contribution >= 4 is 17.8 Å². The lowest BCUT2D eigenvalue weighted by atomic mass is 9.35. The van der Waals surface area contributed by atoms with E-state index in [1.165, 1.54) is 6.92 Å². The van der Waals surface area contributed by atoms with Crippen LogP contribution in [0.2, 0.25) is 0 Å². The summed E-state index contributed by atoms with van der Waals surface area (Å²) in [6, 6.07) is -0.928. The normalized spacial score (nSPS) is 36.6. The van der Waals surface area contributed by atoms with Gasteiger partial charge in [0, 0.05) is 0 Å². The molecule has 2 bridgehead atoms. The molecule has 0 spiro atoms. The van der Waals surface area contributed by atoms with Gasteiger partial charge < -0.3 is 15.5 Å². The van der Waals surface area contributed by atoms with Crippen LogP contribution in [0.4, 0.5) is 0 Å². The lowest BCUT2D eigenvalue weighted by Crippen LogP contribution is -2.71. The molecule has 0 saturated heterocycles. The van der Waals surface area contributed by atoms with E-state index in [4.69, 9.17) is 10.2 Å². The van der Waals surface area contributed by atoms with Crippen molar-refractivity contribution in [3.8, 4) is 0 Å². The fraction of sp³-hybridized carbons (Fsp3) is 0.700. The van der Waals surface area contributed by atoms with Crippen LogP contribution in [0.25, 0.3) is 0 Å². The summed E-state index contributed by atoms with van der Waals surface area (Å²) < 4.78 is 0. The molecule has 0 aromatic carbocycles. The summed E-state index contributed by atoms with van der Waals surface area (Å²) in [5, 5.41) is 19.9. The summed E-state index contributed by atoms with van der Waals surface area (Å²) in [7, 11) is 0. The number of amides is 1. The van der Waals surface area contributed by atoms with Gasteiger partial charge in [0.05, 0.1) is 10.8 Å². The molecule has 3 aliphatic rings. The SMILES string of the molecule is C[C@H](NC(=O)C12CC(C(=O)O)(C1)C2)C(=O)O. The standard InChI is InChI=1S/C10H13NO5/c1-5(6(12)13)11-7(14)9-2-10(3-9,4-9)8(15)16/h5H,2-4H2,1H3,(H,11,14)(H,12,13)(H,15,16)/t5-,9?,10?/m0/s1. The van der Waals surface area contributed by atoms with E-state index in [1.54, 1.807) is 0 Å². The lowest BCUT2D eigenvalue weighted by molar-refractivity contribution is -0.221. The molecule has 0 aromatic heterocycles. The number of hydrogen-bond donors (Lipinski definition) is 3. The minimum atomic E-state index is -1.09. The summed E-state index contributed by atoms with van der Waals surface area (Å²) in [5.74, 6) is -2.27. The van der Waals surface area contributed by atoms with E-state index < -0.39 is 28.8 Å². The van der Waals surface area contributed by atoms with Crippen LogP contribution in [0.3, 0.4) is 0 Å². The maximum Gasteiger partial charge on any atom is 0.325 e. The first-order valence-electron chi connectivity index (χ1n) is 5.09. The molecular weight excluding hydrogens is 214 g/mol. The van der Waals surface area contributed by atoms with Gasteiger partial charge >= 0.3 is 11.9 Å². The zero-order chi connectivity index (χ0) is 12.1. The Morgan fingerprint density at radius 3 is 2.00 bits per heavy atom. The molecule has 3 saturated carbocycles. The van der Waals surface area contributed by atoms with E-state index in [9.17, 15) is 14.4 Å². The topological polar surface area (TPSA) is 104 Å². The second-order valence-corrected chi connectivity index (χ2v) is 4.93. The molecule has 1 atom stereocenters. The highest BCUT2D eigenvalue weighted by atomic mass is 16.4. The minimum Gasteiger partial charge on any atom is -0.481 e. The Kier molecular flexibility index (Phi) is 2.02. The first-order valence-corrected chi connectivity index (χ1v) is 5.09. The first-order chi connectivity index (χ1) is 7.31. The highest BCUT2D eigenvalue weighted by Gasteiger charge is 2.75. The van der Waals surface area contributed by atoms with Crippen molar-refractivity contribution in [2.45, 2.75) is 32.2 Å². The quantitative estimate of drug-likeness (QED) is 0.618. The molecule has 0 radical (unpaired) electrons. The van der Waals surface area contributed by atoms with Crippen molar-refractivity contribution in [1.82, 2.24) is 5.32 Å². The van der Waals surface area contributed by atoms with Gasteiger partial charge in [-0.25, -0.2) is 0 Å². The number of nitrogens with one attached hydrogen (secondary N) is 1. The highest BCUT2D eigenvalue weighted by Crippen LogP contribution is 2.73.